The Kier molecular flexibility index (Phi) is 4.36. The Labute approximate surface area is 116 Å². The fourth-order valence-electron chi connectivity index (χ4n) is 1.09. The molecular formula is C10H7INS3. The quantitative estimate of drug-likeness (QED) is 0.351. The van der Waals surface area contributed by atoms with Gasteiger partial charge in [0.2, 0.25) is 0 Å². The highest BCUT2D eigenvalue weighted by molar-refractivity contribution is 14.1. The molecule has 15 heavy (non-hydrogen) atoms. The number of hydrogen-bond acceptors (Lipinski definition) is 4. The van der Waals surface area contributed by atoms with Crippen LogP contribution in [0.4, 0.5) is 0 Å². The maximum absolute atomic E-state index is 4.77. The zero-order valence-corrected chi connectivity index (χ0v) is 12.3. The van der Waals surface area contributed by atoms with Crippen molar-refractivity contribution in [3.63, 3.8) is 0 Å². The van der Waals surface area contributed by atoms with Crippen LogP contribution in [0.2, 0.25) is 0 Å². The largest absolute Gasteiger partial charge is 0.230 e. The van der Waals surface area contributed by atoms with Crippen LogP contribution in [0.3, 0.4) is 0 Å². The molecule has 0 bridgehead atoms. The van der Waals surface area contributed by atoms with Crippen LogP contribution in [0.15, 0.2) is 28.6 Å². The van der Waals surface area contributed by atoms with Gasteiger partial charge in [-0.1, -0.05) is 58.7 Å². The summed E-state index contributed by atoms with van der Waals surface area (Å²) in [6.07, 6.45) is 0. The van der Waals surface area contributed by atoms with Crippen LogP contribution in [0.5, 0.6) is 0 Å². The smallest absolute Gasteiger partial charge is 0.151 e. The van der Waals surface area contributed by atoms with Crippen molar-refractivity contribution in [3.8, 4) is 0 Å². The first-order chi connectivity index (χ1) is 7.29. The van der Waals surface area contributed by atoms with E-state index < -0.39 is 0 Å². The molecule has 2 rings (SSSR count). The van der Waals surface area contributed by atoms with Gasteiger partial charge in [-0.15, -0.1) is 11.3 Å². The van der Waals surface area contributed by atoms with Crippen LogP contribution in [-0.4, -0.2) is 20.0 Å². The molecule has 5 heteroatoms. The van der Waals surface area contributed by atoms with Crippen molar-refractivity contribution in [2.75, 3.05) is 5.75 Å². The minimum absolute atomic E-state index is 0.314. The van der Waals surface area contributed by atoms with Crippen LogP contribution in [-0.2, 0) is 0 Å². The van der Waals surface area contributed by atoms with Crippen molar-refractivity contribution in [2.24, 2.45) is 0 Å². The predicted molar refractivity (Wildman–Crippen MR) is 80.8 cm³/mol. The first-order valence-electron chi connectivity index (χ1n) is 4.29. The molecular weight excluding hydrogens is 357 g/mol. The van der Waals surface area contributed by atoms with Gasteiger partial charge >= 0.3 is 0 Å². The third-order valence-electron chi connectivity index (χ3n) is 1.76. The average molecular weight is 364 g/mol. The summed E-state index contributed by atoms with van der Waals surface area (Å²) in [5.74, 6) is 0.948. The van der Waals surface area contributed by atoms with E-state index in [1.807, 2.05) is 18.2 Å². The van der Waals surface area contributed by atoms with E-state index in [9.17, 15) is 0 Å². The Bertz CT molecular complexity index is 435. The zero-order valence-electron chi connectivity index (χ0n) is 7.64. The van der Waals surface area contributed by atoms with Crippen LogP contribution in [0.25, 0.3) is 10.2 Å². The molecule has 1 atom stereocenters. The topological polar surface area (TPSA) is 12.9 Å². The van der Waals surface area contributed by atoms with Gasteiger partial charge in [-0.25, -0.2) is 4.98 Å². The number of thiocarbonyl (C=S) groups is 1. The van der Waals surface area contributed by atoms with Crippen LogP contribution in [0.1, 0.15) is 0 Å². The van der Waals surface area contributed by atoms with Crippen molar-refractivity contribution < 1.29 is 0 Å². The summed E-state index contributed by atoms with van der Waals surface area (Å²) >= 11 is 10.5. The molecule has 0 aliphatic rings. The van der Waals surface area contributed by atoms with Crippen molar-refractivity contribution in [3.05, 3.63) is 24.3 Å². The van der Waals surface area contributed by atoms with Gasteiger partial charge in [-0.05, 0) is 12.1 Å². The summed E-state index contributed by atoms with van der Waals surface area (Å²) in [4.78, 5) is 4.54. The number of aromatic nitrogens is 1. The molecule has 1 unspecified atom stereocenters. The highest BCUT2D eigenvalue weighted by Crippen LogP contribution is 2.30. The van der Waals surface area contributed by atoms with E-state index in [4.69, 9.17) is 12.2 Å². The summed E-state index contributed by atoms with van der Waals surface area (Å²) in [7, 11) is 0. The lowest BCUT2D eigenvalue weighted by Gasteiger charge is -1.97. The number of para-hydroxylation sites is 1. The first-order valence-corrected chi connectivity index (χ1v) is 7.75. The van der Waals surface area contributed by atoms with E-state index in [1.165, 1.54) is 4.70 Å². The van der Waals surface area contributed by atoms with E-state index in [-0.39, 0.29) is 0 Å². The van der Waals surface area contributed by atoms with Crippen LogP contribution >= 0.6 is 57.9 Å². The van der Waals surface area contributed by atoms with Crippen LogP contribution in [0, 0.1) is 0 Å². The van der Waals surface area contributed by atoms with Crippen LogP contribution < -0.4 is 0 Å². The number of thioether (sulfide) groups is 1. The molecule has 2 aromatic rings. The first kappa shape index (κ1) is 11.8. The van der Waals surface area contributed by atoms with Crippen molar-refractivity contribution >= 4 is 73.5 Å². The molecule has 0 spiro atoms. The normalized spacial score (nSPS) is 12.9. The number of fused-ring (bicyclic) bond motifs is 1. The van der Waals surface area contributed by atoms with E-state index >= 15 is 0 Å². The van der Waals surface area contributed by atoms with E-state index in [0.717, 1.165) is 15.6 Å². The zero-order chi connectivity index (χ0) is 10.7. The number of nitrogens with zero attached hydrogens (tertiary/aromatic N) is 1. The van der Waals surface area contributed by atoms with E-state index in [2.05, 4.69) is 39.0 Å². The molecule has 1 nitrogen and oxygen atoms in total. The molecule has 1 aromatic carbocycles. The minimum atomic E-state index is 0.314. The molecule has 0 saturated carbocycles. The molecule has 1 heterocycles. The summed E-state index contributed by atoms with van der Waals surface area (Å²) in [6, 6.07) is 8.20. The summed E-state index contributed by atoms with van der Waals surface area (Å²) in [5.41, 5.74) is 1.08. The predicted octanol–water partition coefficient (Wildman–Crippen LogP) is 4.07. The van der Waals surface area contributed by atoms with Gasteiger partial charge in [-0.2, -0.15) is 0 Å². The highest BCUT2D eigenvalue weighted by atomic mass is 127. The Morgan fingerprint density at radius 1 is 1.53 bits per heavy atom. The maximum atomic E-state index is 4.77. The van der Waals surface area contributed by atoms with Gasteiger partial charge in [0.05, 0.1) is 14.1 Å². The fourth-order valence-corrected chi connectivity index (χ4v) is 3.76. The minimum Gasteiger partial charge on any atom is -0.230 e. The lowest BCUT2D eigenvalue weighted by molar-refractivity contribution is 1.29. The van der Waals surface area contributed by atoms with Crippen molar-refractivity contribution in [2.45, 2.75) is 8.26 Å². The SMILES string of the molecule is S=[C]C(I)CSc1nc2ccccc2s1. The molecule has 0 saturated heterocycles. The molecule has 0 aliphatic heterocycles. The second-order valence-electron chi connectivity index (χ2n) is 2.84. The fraction of sp³-hybridized carbons (Fsp3) is 0.200. The second kappa shape index (κ2) is 5.56. The summed E-state index contributed by atoms with van der Waals surface area (Å²) in [5, 5.41) is 2.79. The summed E-state index contributed by atoms with van der Waals surface area (Å²) in [6.45, 7) is 0. The number of alkyl halides is 1. The Morgan fingerprint density at radius 2 is 2.33 bits per heavy atom. The number of benzene rings is 1. The van der Waals surface area contributed by atoms with Gasteiger partial charge in [0.25, 0.3) is 0 Å². The second-order valence-corrected chi connectivity index (χ2v) is 6.88. The third-order valence-corrected chi connectivity index (χ3v) is 6.08. The molecule has 77 valence electrons. The monoisotopic (exact) mass is 364 g/mol. The Balaban J connectivity index is 2.12. The highest BCUT2D eigenvalue weighted by Gasteiger charge is 2.06. The number of hydrogen-bond donors (Lipinski definition) is 0. The summed E-state index contributed by atoms with van der Waals surface area (Å²) < 4.78 is 2.68. The number of halogens is 1. The van der Waals surface area contributed by atoms with E-state index in [1.54, 1.807) is 23.1 Å². The molecule has 0 amide bonds. The molecule has 1 radical (unpaired) electrons. The molecule has 0 N–H and O–H groups in total. The van der Waals surface area contributed by atoms with Gasteiger partial charge in [-0.3, -0.25) is 0 Å². The lowest BCUT2D eigenvalue weighted by atomic mass is 10.3. The van der Waals surface area contributed by atoms with Gasteiger partial charge in [0.1, 0.15) is 0 Å². The van der Waals surface area contributed by atoms with E-state index in [0.29, 0.717) is 3.92 Å². The number of rotatable bonds is 4. The van der Waals surface area contributed by atoms with Gasteiger partial charge in [0, 0.05) is 11.1 Å². The van der Waals surface area contributed by atoms with Gasteiger partial charge < -0.3 is 0 Å². The standard InChI is InChI=1S/C10H7INS3/c11-7(5-13)6-14-10-12-8-3-1-2-4-9(8)15-10/h1-4,7H,6H2. The Hall–Kier alpha value is 0.280. The third kappa shape index (κ3) is 3.12. The Morgan fingerprint density at radius 3 is 3.07 bits per heavy atom. The maximum Gasteiger partial charge on any atom is 0.151 e. The van der Waals surface area contributed by atoms with Gasteiger partial charge in [0.15, 0.2) is 4.34 Å². The van der Waals surface area contributed by atoms with Crippen molar-refractivity contribution in [1.82, 2.24) is 4.98 Å². The molecule has 1 aromatic heterocycles. The average Bonchev–Trinajstić information content (AvgIpc) is 2.68. The number of thiazole rings is 1. The molecule has 0 aliphatic carbocycles. The lowest BCUT2D eigenvalue weighted by Crippen LogP contribution is -1.99. The molecule has 0 fully saturated rings. The van der Waals surface area contributed by atoms with Crippen molar-refractivity contribution in [1.29, 1.82) is 0 Å².